The molecule has 0 aromatic heterocycles. The van der Waals surface area contributed by atoms with E-state index < -0.39 is 146 Å². The minimum Gasteiger partial charge on any atom is -0.394 e. The van der Waals surface area contributed by atoms with Crippen molar-refractivity contribution in [2.75, 3.05) is 19.8 Å². The van der Waals surface area contributed by atoms with Crippen molar-refractivity contribution in [3.8, 4) is 0 Å². The number of fused-ring (bicyclic) bond motifs is 5. The van der Waals surface area contributed by atoms with Gasteiger partial charge in [-0.2, -0.15) is 0 Å². The van der Waals surface area contributed by atoms with Gasteiger partial charge in [-0.3, -0.25) is 0 Å². The van der Waals surface area contributed by atoms with E-state index in [1.807, 2.05) is 13.0 Å². The van der Waals surface area contributed by atoms with Crippen molar-refractivity contribution in [2.24, 2.45) is 45.3 Å². The summed E-state index contributed by atoms with van der Waals surface area (Å²) >= 11 is 0. The van der Waals surface area contributed by atoms with Gasteiger partial charge in [0, 0.05) is 0 Å². The Labute approximate surface area is 393 Å². The average Bonchev–Trinajstić information content (AvgIpc) is 3.65. The Bertz CT molecular complexity index is 1710. The highest BCUT2D eigenvalue weighted by Crippen LogP contribution is 2.76. The van der Waals surface area contributed by atoms with Gasteiger partial charge >= 0.3 is 0 Å². The predicted molar refractivity (Wildman–Crippen MR) is 235 cm³/mol. The van der Waals surface area contributed by atoms with E-state index in [4.69, 9.17) is 28.4 Å². The van der Waals surface area contributed by atoms with Crippen molar-refractivity contribution < 1.29 is 94.8 Å². The summed E-state index contributed by atoms with van der Waals surface area (Å²) in [4.78, 5) is 0. The number of hydrogen-bond donors (Lipinski definition) is 13. The fourth-order valence-corrected chi connectivity index (χ4v) is 14.8. The van der Waals surface area contributed by atoms with Crippen LogP contribution in [0.3, 0.4) is 0 Å². The van der Waals surface area contributed by atoms with Crippen LogP contribution in [0.25, 0.3) is 0 Å². The Kier molecular flexibility index (Phi) is 15.6. The van der Waals surface area contributed by atoms with E-state index in [0.717, 1.165) is 19.3 Å². The molecule has 3 saturated heterocycles. The molecule has 3 aliphatic heterocycles. The van der Waals surface area contributed by atoms with Gasteiger partial charge in [0.1, 0.15) is 73.2 Å². The van der Waals surface area contributed by atoms with Gasteiger partial charge < -0.3 is 94.8 Å². The monoisotopic (exact) mass is 963 g/mol. The molecule has 7 rings (SSSR count). The molecule has 4 saturated carbocycles. The first-order valence-corrected chi connectivity index (χ1v) is 24.4. The van der Waals surface area contributed by atoms with Gasteiger partial charge in [-0.1, -0.05) is 46.8 Å². The second-order valence-electron chi connectivity index (χ2n) is 23.3. The molecule has 13 N–H and O–H groups in total. The van der Waals surface area contributed by atoms with Gasteiger partial charge in [-0.05, 0) is 117 Å². The van der Waals surface area contributed by atoms with E-state index in [0.29, 0.717) is 25.7 Å². The highest BCUT2D eigenvalue weighted by Gasteiger charge is 2.72. The fourth-order valence-electron chi connectivity index (χ4n) is 14.8. The first-order chi connectivity index (χ1) is 31.1. The number of aliphatic hydroxyl groups excluding tert-OH is 12. The Hall–Kier alpha value is -1.02. The largest absolute Gasteiger partial charge is 0.394 e. The van der Waals surface area contributed by atoms with Crippen LogP contribution in [-0.2, 0) is 28.4 Å². The predicted octanol–water partition coefficient (Wildman–Crippen LogP) is -1.06. The molecular formula is C48H82O19. The first kappa shape index (κ1) is 53.8. The van der Waals surface area contributed by atoms with Crippen LogP contribution >= 0.6 is 0 Å². The SMILES string of the molecule is CC(C)(O)/C=C/C[C@](C)(O[C@H]1O[C@@H](CO)[C@H](O)[C@@H](O)[C@@H]1O)[C@@H]1CC[C@]2(C)[C@@H]1[C@H](O)C[C@@H]1[C@]3(C)CC[C@H](O[C@@H]4O[C@H](CO)[C@@H](O)[C@H](O)[C@@H]4O[C@@H]4O[C@H](CO)[C@H](O)[C@@H](O)[C@@H]4O)C(C)(C)[C@@H]3CC[C@@]12C. The maximum Gasteiger partial charge on any atom is 0.187 e. The van der Waals surface area contributed by atoms with E-state index in [9.17, 15) is 66.4 Å². The van der Waals surface area contributed by atoms with Crippen LogP contribution in [-0.4, -0.2) is 202 Å². The average molecular weight is 963 g/mol. The zero-order valence-electron chi connectivity index (χ0n) is 40.3. The molecule has 0 bridgehead atoms. The summed E-state index contributed by atoms with van der Waals surface area (Å²) in [6.45, 7) is 14.5. The van der Waals surface area contributed by atoms with Crippen LogP contribution in [0.2, 0.25) is 0 Å². The van der Waals surface area contributed by atoms with Crippen LogP contribution in [0.4, 0.5) is 0 Å². The van der Waals surface area contributed by atoms with Gasteiger partial charge in [0.05, 0.1) is 43.2 Å². The van der Waals surface area contributed by atoms with E-state index in [1.165, 1.54) is 0 Å². The summed E-state index contributed by atoms with van der Waals surface area (Å²) in [5.74, 6) is -0.422. The normalized spacial score (nSPS) is 52.3. The Balaban J connectivity index is 1.14. The topological polar surface area (TPSA) is 318 Å². The van der Waals surface area contributed by atoms with Crippen molar-refractivity contribution in [2.45, 2.75) is 222 Å². The number of hydrogen-bond acceptors (Lipinski definition) is 19. The van der Waals surface area contributed by atoms with Gasteiger partial charge in [-0.15, -0.1) is 0 Å². The van der Waals surface area contributed by atoms with E-state index >= 15 is 0 Å². The summed E-state index contributed by atoms with van der Waals surface area (Å²) in [7, 11) is 0. The van der Waals surface area contributed by atoms with Crippen molar-refractivity contribution in [1.82, 2.24) is 0 Å². The lowest BCUT2D eigenvalue weighted by Crippen LogP contribution is -2.68. The third-order valence-electron chi connectivity index (χ3n) is 18.7. The second kappa shape index (κ2) is 19.4. The molecule has 19 heteroatoms. The maximum absolute atomic E-state index is 12.7. The molecule has 7 fully saturated rings. The molecule has 25 atom stereocenters. The lowest BCUT2D eigenvalue weighted by molar-refractivity contribution is -0.378. The van der Waals surface area contributed by atoms with Crippen molar-refractivity contribution >= 4 is 0 Å². The van der Waals surface area contributed by atoms with Crippen LogP contribution in [0.5, 0.6) is 0 Å². The molecule has 0 amide bonds. The van der Waals surface area contributed by atoms with Crippen molar-refractivity contribution in [3.05, 3.63) is 12.2 Å². The van der Waals surface area contributed by atoms with Crippen LogP contribution in [0.15, 0.2) is 12.2 Å². The van der Waals surface area contributed by atoms with E-state index in [-0.39, 0.29) is 40.9 Å². The molecule has 7 aliphatic rings. The zero-order valence-corrected chi connectivity index (χ0v) is 40.3. The third kappa shape index (κ3) is 9.24. The Morgan fingerprint density at radius 3 is 1.67 bits per heavy atom. The molecular weight excluding hydrogens is 881 g/mol. The van der Waals surface area contributed by atoms with E-state index in [2.05, 4.69) is 34.6 Å². The van der Waals surface area contributed by atoms with Gasteiger partial charge in [0.15, 0.2) is 18.9 Å². The maximum atomic E-state index is 12.7. The van der Waals surface area contributed by atoms with Crippen molar-refractivity contribution in [1.29, 1.82) is 0 Å². The van der Waals surface area contributed by atoms with Gasteiger partial charge in [0.25, 0.3) is 0 Å². The molecule has 0 aromatic rings. The minimum absolute atomic E-state index is 0.0608. The summed E-state index contributed by atoms with van der Waals surface area (Å²) in [5.41, 5.74) is -3.75. The molecule has 4 aliphatic carbocycles. The van der Waals surface area contributed by atoms with Crippen LogP contribution in [0, 0.1) is 45.3 Å². The molecule has 388 valence electrons. The van der Waals surface area contributed by atoms with Gasteiger partial charge in [-0.25, -0.2) is 0 Å². The van der Waals surface area contributed by atoms with E-state index in [1.54, 1.807) is 19.9 Å². The smallest absolute Gasteiger partial charge is 0.187 e. The Morgan fingerprint density at radius 2 is 1.10 bits per heavy atom. The molecule has 67 heavy (non-hydrogen) atoms. The first-order valence-electron chi connectivity index (χ1n) is 24.4. The minimum atomic E-state index is -1.80. The molecule has 0 spiro atoms. The molecule has 0 aromatic carbocycles. The summed E-state index contributed by atoms with van der Waals surface area (Å²) in [5, 5.41) is 139. The third-order valence-corrected chi connectivity index (χ3v) is 18.7. The highest BCUT2D eigenvalue weighted by atomic mass is 16.8. The number of rotatable bonds is 13. The highest BCUT2D eigenvalue weighted by molar-refractivity contribution is 5.21. The molecule has 0 unspecified atom stereocenters. The molecule has 3 heterocycles. The second-order valence-corrected chi connectivity index (χ2v) is 23.3. The Morgan fingerprint density at radius 1 is 0.582 bits per heavy atom. The van der Waals surface area contributed by atoms with Crippen LogP contribution < -0.4 is 0 Å². The number of aliphatic hydroxyl groups is 13. The summed E-state index contributed by atoms with van der Waals surface area (Å²) in [6.07, 6.45) is -15.8. The van der Waals surface area contributed by atoms with Crippen LogP contribution in [0.1, 0.15) is 107 Å². The zero-order chi connectivity index (χ0) is 49.6. The summed E-state index contributed by atoms with van der Waals surface area (Å²) in [6, 6.07) is 0. The number of ether oxygens (including phenoxy) is 6. The standard InChI is InChI=1S/C48H82O19/c1-43(2,61)13-9-14-48(8,67-41-38(60)35(57)32(54)25(20-50)63-41)22-10-16-47(7)30(22)23(52)18-28-45(5)15-12-29(44(3,4)27(45)11-17-46(28,47)6)65-42-39(36(58)33(55)26(21-51)64-42)66-40-37(59)34(56)31(53)24(19-49)62-40/h9,13,22-42,49-61H,10-12,14-21H2,1-8H3/b13-9+/t22-,23-,24-,25+,26-,27+,28-,29+,30+,31+,32+,33-,34-,35-,36+,37+,38+,39+,40+,41-,42+,45-,46+,47-,48+/m1/s1. The lowest BCUT2D eigenvalue weighted by atomic mass is 9.35. The summed E-state index contributed by atoms with van der Waals surface area (Å²) < 4.78 is 37.1. The fraction of sp³-hybridized carbons (Fsp3) is 0.958. The molecule has 19 nitrogen and oxygen atoms in total. The van der Waals surface area contributed by atoms with Gasteiger partial charge in [0.2, 0.25) is 0 Å². The molecule has 0 radical (unpaired) electrons. The lowest BCUT2D eigenvalue weighted by Gasteiger charge is -2.71. The van der Waals surface area contributed by atoms with Crippen molar-refractivity contribution in [3.63, 3.8) is 0 Å². The quantitative estimate of drug-likeness (QED) is 0.0773.